The maximum absolute atomic E-state index is 12.3. The smallest absolute Gasteiger partial charge is 0.412 e. The number of hydrogen-bond acceptors (Lipinski definition) is 9. The number of anilines is 1. The fourth-order valence-electron chi connectivity index (χ4n) is 3.23. The van der Waals surface area contributed by atoms with E-state index in [-0.39, 0.29) is 37.2 Å². The second kappa shape index (κ2) is 10.1. The number of nitro groups is 1. The first-order valence-corrected chi connectivity index (χ1v) is 9.54. The highest BCUT2D eigenvalue weighted by atomic mass is 16.6. The van der Waals surface area contributed by atoms with Crippen LogP contribution in [-0.2, 0) is 15.9 Å². The summed E-state index contributed by atoms with van der Waals surface area (Å²) in [6.07, 6.45) is 0.0747. The van der Waals surface area contributed by atoms with Crippen LogP contribution >= 0.6 is 0 Å². The molecule has 1 amide bonds. The Morgan fingerprint density at radius 2 is 2.03 bits per heavy atom. The molecule has 3 N–H and O–H groups in total. The van der Waals surface area contributed by atoms with Crippen molar-refractivity contribution in [1.82, 2.24) is 9.55 Å². The lowest BCUT2D eigenvalue weighted by Gasteiger charge is -2.15. The highest BCUT2D eigenvalue weighted by Crippen LogP contribution is 2.32. The van der Waals surface area contributed by atoms with Gasteiger partial charge in [0.25, 0.3) is 5.69 Å². The number of aromatic nitrogens is 2. The van der Waals surface area contributed by atoms with Crippen LogP contribution in [0.5, 0.6) is 0 Å². The van der Waals surface area contributed by atoms with Gasteiger partial charge in [-0.25, -0.2) is 9.59 Å². The van der Waals surface area contributed by atoms with Crippen molar-refractivity contribution >= 4 is 17.6 Å². The molecule has 12 heteroatoms. The minimum atomic E-state index is -0.802. The average molecular weight is 434 g/mol. The normalized spacial score (nSPS) is 20.4. The minimum Gasteiger partial charge on any atom is -0.449 e. The van der Waals surface area contributed by atoms with Crippen LogP contribution in [0.2, 0.25) is 0 Å². The Labute approximate surface area is 176 Å². The molecule has 3 atom stereocenters. The van der Waals surface area contributed by atoms with Crippen molar-refractivity contribution in [3.8, 4) is 0 Å². The molecule has 1 aliphatic rings. The van der Waals surface area contributed by atoms with Gasteiger partial charge in [0.2, 0.25) is 0 Å². The maximum Gasteiger partial charge on any atom is 0.412 e. The largest absolute Gasteiger partial charge is 0.449 e. The van der Waals surface area contributed by atoms with E-state index in [9.17, 15) is 29.9 Å². The van der Waals surface area contributed by atoms with Crippen LogP contribution in [0.1, 0.15) is 18.2 Å². The maximum atomic E-state index is 12.3. The number of nitrogens with zero attached hydrogens (tertiary/aromatic N) is 3. The predicted octanol–water partition coefficient (Wildman–Crippen LogP) is 0.831. The second-order valence-corrected chi connectivity index (χ2v) is 6.93. The monoisotopic (exact) mass is 434 g/mol. The summed E-state index contributed by atoms with van der Waals surface area (Å²) in [6, 6.07) is 7.30. The molecule has 31 heavy (non-hydrogen) atoms. The van der Waals surface area contributed by atoms with Crippen molar-refractivity contribution in [1.29, 1.82) is 0 Å². The second-order valence-electron chi connectivity index (χ2n) is 6.93. The summed E-state index contributed by atoms with van der Waals surface area (Å²) in [5.74, 6) is -0.289. The number of rotatable bonds is 8. The molecule has 0 saturated carbocycles. The van der Waals surface area contributed by atoms with Crippen LogP contribution in [0.15, 0.2) is 41.3 Å². The van der Waals surface area contributed by atoms with Crippen molar-refractivity contribution in [3.63, 3.8) is 0 Å². The lowest BCUT2D eigenvalue weighted by Crippen LogP contribution is -2.28. The Bertz CT molecular complexity index is 966. The molecule has 0 unspecified atom stereocenters. The third-order valence-electron chi connectivity index (χ3n) is 4.92. The average Bonchev–Trinajstić information content (AvgIpc) is 3.17. The Morgan fingerprint density at radius 3 is 2.61 bits per heavy atom. The molecule has 0 aliphatic carbocycles. The van der Waals surface area contributed by atoms with Crippen LogP contribution < -0.4 is 11.0 Å². The zero-order valence-electron chi connectivity index (χ0n) is 16.4. The molecular weight excluding hydrogens is 412 g/mol. The molecule has 1 saturated heterocycles. The van der Waals surface area contributed by atoms with Gasteiger partial charge in [-0.1, -0.05) is 12.1 Å². The lowest BCUT2D eigenvalue weighted by molar-refractivity contribution is -0.384. The van der Waals surface area contributed by atoms with E-state index in [1.165, 1.54) is 29.0 Å². The summed E-state index contributed by atoms with van der Waals surface area (Å²) < 4.78 is 11.8. The summed E-state index contributed by atoms with van der Waals surface area (Å²) in [5, 5.41) is 31.6. The van der Waals surface area contributed by atoms with Gasteiger partial charge in [-0.15, -0.1) is 0 Å². The summed E-state index contributed by atoms with van der Waals surface area (Å²) in [7, 11) is 0. The molecule has 0 radical (unpaired) electrons. The van der Waals surface area contributed by atoms with E-state index >= 15 is 0 Å². The number of nitrogens with one attached hydrogen (secondary N) is 1. The van der Waals surface area contributed by atoms with Crippen LogP contribution in [0.3, 0.4) is 0 Å². The van der Waals surface area contributed by atoms with E-state index in [0.29, 0.717) is 12.8 Å². The fourth-order valence-corrected chi connectivity index (χ4v) is 3.23. The molecule has 1 fully saturated rings. The molecule has 0 bridgehead atoms. The van der Waals surface area contributed by atoms with Crippen LogP contribution in [-0.4, -0.2) is 56.7 Å². The Balaban J connectivity index is 1.51. The van der Waals surface area contributed by atoms with Gasteiger partial charge in [0.1, 0.15) is 12.0 Å². The number of benzene rings is 1. The van der Waals surface area contributed by atoms with E-state index in [4.69, 9.17) is 9.47 Å². The van der Waals surface area contributed by atoms with E-state index in [0.717, 1.165) is 5.56 Å². The van der Waals surface area contributed by atoms with Gasteiger partial charge in [0.15, 0.2) is 0 Å². The molecule has 1 aliphatic heterocycles. The highest BCUT2D eigenvalue weighted by molar-refractivity contribution is 5.83. The van der Waals surface area contributed by atoms with E-state index in [1.807, 2.05) is 0 Å². The number of carbonyl (C=O) groups excluding carboxylic acids is 1. The number of nitro benzene ring substituents is 1. The van der Waals surface area contributed by atoms with Gasteiger partial charge in [-0.05, 0) is 11.6 Å². The van der Waals surface area contributed by atoms with Crippen molar-refractivity contribution < 1.29 is 29.4 Å². The Morgan fingerprint density at radius 1 is 1.29 bits per heavy atom. The number of aliphatic hydroxyl groups is 2. The molecule has 3 rings (SSSR count). The third-order valence-corrected chi connectivity index (χ3v) is 4.92. The van der Waals surface area contributed by atoms with Crippen molar-refractivity contribution in [2.45, 2.75) is 25.2 Å². The number of non-ortho nitro benzene ring substituents is 1. The lowest BCUT2D eigenvalue weighted by atomic mass is 10.0. The summed E-state index contributed by atoms with van der Waals surface area (Å²) >= 11 is 0. The first kappa shape index (κ1) is 22.3. The molecular formula is C19H22N4O8. The molecule has 2 aromatic rings. The zero-order valence-corrected chi connectivity index (χ0v) is 16.4. The van der Waals surface area contributed by atoms with Gasteiger partial charge >= 0.3 is 11.8 Å². The van der Waals surface area contributed by atoms with E-state index in [2.05, 4.69) is 10.3 Å². The van der Waals surface area contributed by atoms with Gasteiger partial charge < -0.3 is 19.7 Å². The summed E-state index contributed by atoms with van der Waals surface area (Å²) in [5.41, 5.74) is 0.0759. The fraction of sp³-hybridized carbons (Fsp3) is 0.421. The Hall–Kier alpha value is -3.35. The van der Waals surface area contributed by atoms with Crippen molar-refractivity contribution in [2.75, 3.05) is 25.1 Å². The van der Waals surface area contributed by atoms with Crippen LogP contribution in [0, 0.1) is 16.0 Å². The standard InChI is InChI=1S/C19H22N4O8/c24-10-13-9-17(31-15(13)11-25)22-7-5-16(20-18(22)26)21-19(27)30-8-6-12-1-3-14(4-2-12)23(28)29/h1-5,7,13,15,17,24-25H,6,8-11H2,(H,20,21,26,27)/t13-,15-,17-/m1/s1. The van der Waals surface area contributed by atoms with Crippen LogP contribution in [0.25, 0.3) is 0 Å². The number of aliphatic hydroxyl groups excluding tert-OH is 2. The molecule has 0 spiro atoms. The van der Waals surface area contributed by atoms with Gasteiger partial charge in [-0.3, -0.25) is 20.0 Å². The quantitative estimate of drug-likeness (QED) is 0.403. The molecule has 1 aromatic heterocycles. The van der Waals surface area contributed by atoms with E-state index in [1.54, 1.807) is 12.1 Å². The minimum absolute atomic E-state index is 0.00278. The molecule has 2 heterocycles. The van der Waals surface area contributed by atoms with Crippen molar-refractivity contribution in [3.05, 3.63) is 62.7 Å². The highest BCUT2D eigenvalue weighted by Gasteiger charge is 2.35. The first-order chi connectivity index (χ1) is 14.9. The zero-order chi connectivity index (χ0) is 22.4. The predicted molar refractivity (Wildman–Crippen MR) is 106 cm³/mol. The molecule has 166 valence electrons. The van der Waals surface area contributed by atoms with Crippen LogP contribution in [0.4, 0.5) is 16.3 Å². The topological polar surface area (TPSA) is 166 Å². The first-order valence-electron chi connectivity index (χ1n) is 9.54. The Kier molecular flexibility index (Phi) is 7.28. The molecule has 1 aromatic carbocycles. The number of ether oxygens (including phenoxy) is 2. The number of hydrogen-bond donors (Lipinski definition) is 3. The number of amides is 1. The van der Waals surface area contributed by atoms with Gasteiger partial charge in [-0.2, -0.15) is 4.98 Å². The number of carbonyl (C=O) groups is 1. The van der Waals surface area contributed by atoms with E-state index < -0.39 is 29.0 Å². The van der Waals surface area contributed by atoms with Gasteiger partial charge in [0.05, 0.1) is 24.2 Å². The third kappa shape index (κ3) is 5.63. The van der Waals surface area contributed by atoms with Gasteiger partial charge in [0, 0.05) is 43.7 Å². The van der Waals surface area contributed by atoms with Crippen molar-refractivity contribution in [2.24, 2.45) is 5.92 Å². The molecule has 12 nitrogen and oxygen atoms in total. The summed E-state index contributed by atoms with van der Waals surface area (Å²) in [4.78, 5) is 38.1. The summed E-state index contributed by atoms with van der Waals surface area (Å²) in [6.45, 7) is -0.410. The SMILES string of the molecule is O=C(Nc1ccn([C@H]2C[C@H](CO)[C@@H](CO)O2)c(=O)n1)OCCc1ccc([N+](=O)[O-])cc1.